The Bertz CT molecular complexity index is 385. The molecule has 2 amide bonds. The van der Waals surface area contributed by atoms with Crippen LogP contribution in [-0.2, 0) is 4.79 Å². The molecule has 1 saturated carbocycles. The minimum Gasteiger partial charge on any atom is -0.481 e. The molecule has 0 aromatic rings. The van der Waals surface area contributed by atoms with E-state index < -0.39 is 11.4 Å². The molecule has 3 atom stereocenters. The SMILES string of the molecule is CCCC1CCN(C(=O)NC2CCCC2(C)C(=O)O)C1. The second-order valence-electron chi connectivity index (χ2n) is 6.51. The summed E-state index contributed by atoms with van der Waals surface area (Å²) in [6.45, 7) is 5.53. The van der Waals surface area contributed by atoms with Gasteiger partial charge in [0.1, 0.15) is 0 Å². The molecule has 20 heavy (non-hydrogen) atoms. The van der Waals surface area contributed by atoms with Crippen LogP contribution in [0.15, 0.2) is 0 Å². The van der Waals surface area contributed by atoms with Crippen molar-refractivity contribution in [2.45, 2.75) is 58.4 Å². The first kappa shape index (κ1) is 15.1. The first-order chi connectivity index (χ1) is 9.47. The molecule has 1 aliphatic heterocycles. The van der Waals surface area contributed by atoms with Crippen molar-refractivity contribution in [1.29, 1.82) is 0 Å². The number of likely N-dealkylation sites (tertiary alicyclic amines) is 1. The number of carbonyl (C=O) groups is 2. The summed E-state index contributed by atoms with van der Waals surface area (Å²) in [5, 5.41) is 12.3. The van der Waals surface area contributed by atoms with E-state index in [-0.39, 0.29) is 12.1 Å². The van der Waals surface area contributed by atoms with Crippen molar-refractivity contribution in [2.24, 2.45) is 11.3 Å². The summed E-state index contributed by atoms with van der Waals surface area (Å²) in [6, 6.07) is -0.319. The van der Waals surface area contributed by atoms with E-state index >= 15 is 0 Å². The molecule has 0 aromatic heterocycles. The Hall–Kier alpha value is -1.26. The Morgan fingerprint density at radius 1 is 1.40 bits per heavy atom. The number of aliphatic carboxylic acids is 1. The van der Waals surface area contributed by atoms with Crippen molar-refractivity contribution < 1.29 is 14.7 Å². The predicted octanol–water partition coefficient (Wildman–Crippen LogP) is 2.46. The number of amides is 2. The molecular weight excluding hydrogens is 256 g/mol. The molecule has 1 heterocycles. The number of nitrogens with one attached hydrogen (secondary N) is 1. The molecule has 1 saturated heterocycles. The highest BCUT2D eigenvalue weighted by Gasteiger charge is 2.46. The van der Waals surface area contributed by atoms with Crippen LogP contribution < -0.4 is 5.32 Å². The van der Waals surface area contributed by atoms with E-state index in [1.165, 1.54) is 6.42 Å². The second kappa shape index (κ2) is 6.02. The van der Waals surface area contributed by atoms with Crippen molar-refractivity contribution in [3.8, 4) is 0 Å². The molecule has 114 valence electrons. The topological polar surface area (TPSA) is 69.6 Å². The Kier molecular flexibility index (Phi) is 4.55. The van der Waals surface area contributed by atoms with E-state index in [2.05, 4.69) is 12.2 Å². The maximum absolute atomic E-state index is 12.3. The van der Waals surface area contributed by atoms with Gasteiger partial charge in [-0.25, -0.2) is 4.79 Å². The quantitative estimate of drug-likeness (QED) is 0.832. The number of hydrogen-bond acceptors (Lipinski definition) is 2. The van der Waals surface area contributed by atoms with Gasteiger partial charge in [-0.2, -0.15) is 0 Å². The molecule has 2 rings (SSSR count). The molecule has 3 unspecified atom stereocenters. The van der Waals surface area contributed by atoms with E-state index in [0.29, 0.717) is 12.3 Å². The van der Waals surface area contributed by atoms with Gasteiger partial charge >= 0.3 is 12.0 Å². The molecule has 2 N–H and O–H groups in total. The average molecular weight is 282 g/mol. The fourth-order valence-electron chi connectivity index (χ4n) is 3.55. The number of hydrogen-bond donors (Lipinski definition) is 2. The van der Waals surface area contributed by atoms with Crippen molar-refractivity contribution in [1.82, 2.24) is 10.2 Å². The van der Waals surface area contributed by atoms with E-state index in [1.54, 1.807) is 6.92 Å². The predicted molar refractivity (Wildman–Crippen MR) is 76.5 cm³/mol. The summed E-state index contributed by atoms with van der Waals surface area (Å²) in [6.07, 6.45) is 5.67. The minimum absolute atomic E-state index is 0.0806. The zero-order valence-electron chi connectivity index (χ0n) is 12.5. The summed E-state index contributed by atoms with van der Waals surface area (Å²) in [4.78, 5) is 25.5. The smallest absolute Gasteiger partial charge is 0.317 e. The Balaban J connectivity index is 1.90. The molecule has 1 aliphatic carbocycles. The molecule has 5 heteroatoms. The number of carboxylic acids is 1. The van der Waals surface area contributed by atoms with Gasteiger partial charge in [-0.1, -0.05) is 19.8 Å². The van der Waals surface area contributed by atoms with E-state index in [0.717, 1.165) is 38.8 Å². The van der Waals surface area contributed by atoms with Crippen LogP contribution in [0.4, 0.5) is 4.79 Å². The zero-order chi connectivity index (χ0) is 14.8. The van der Waals surface area contributed by atoms with Crippen molar-refractivity contribution >= 4 is 12.0 Å². The lowest BCUT2D eigenvalue weighted by Gasteiger charge is -2.29. The molecule has 0 spiro atoms. The van der Waals surface area contributed by atoms with Crippen LogP contribution in [0.25, 0.3) is 0 Å². The average Bonchev–Trinajstić information content (AvgIpc) is 2.99. The number of carboxylic acid groups (broad SMARTS) is 1. The lowest BCUT2D eigenvalue weighted by atomic mass is 9.85. The lowest BCUT2D eigenvalue weighted by Crippen LogP contribution is -2.51. The van der Waals surface area contributed by atoms with Gasteiger partial charge in [-0.05, 0) is 38.5 Å². The summed E-state index contributed by atoms with van der Waals surface area (Å²) in [5.74, 6) is -0.189. The fraction of sp³-hybridized carbons (Fsp3) is 0.867. The molecule has 0 bridgehead atoms. The number of urea groups is 1. The third-order valence-corrected chi connectivity index (χ3v) is 5.01. The summed E-state index contributed by atoms with van der Waals surface area (Å²) >= 11 is 0. The maximum Gasteiger partial charge on any atom is 0.317 e. The Morgan fingerprint density at radius 3 is 2.80 bits per heavy atom. The molecule has 5 nitrogen and oxygen atoms in total. The first-order valence-electron chi connectivity index (χ1n) is 7.76. The van der Waals surface area contributed by atoms with Gasteiger partial charge < -0.3 is 15.3 Å². The maximum atomic E-state index is 12.3. The van der Waals surface area contributed by atoms with Crippen LogP contribution in [0.1, 0.15) is 52.4 Å². The summed E-state index contributed by atoms with van der Waals surface area (Å²) in [5.41, 5.74) is -0.807. The minimum atomic E-state index is -0.807. The largest absolute Gasteiger partial charge is 0.481 e. The van der Waals surface area contributed by atoms with Gasteiger partial charge in [0.2, 0.25) is 0 Å². The normalized spacial score (nSPS) is 33.4. The second-order valence-corrected chi connectivity index (χ2v) is 6.51. The fourth-order valence-corrected chi connectivity index (χ4v) is 3.55. The number of nitrogens with zero attached hydrogens (tertiary/aromatic N) is 1. The molecule has 2 aliphatic rings. The van der Waals surface area contributed by atoms with Gasteiger partial charge in [0.05, 0.1) is 5.41 Å². The van der Waals surface area contributed by atoms with Crippen LogP contribution in [0.2, 0.25) is 0 Å². The monoisotopic (exact) mass is 282 g/mol. The van der Waals surface area contributed by atoms with Gasteiger partial charge in [0.15, 0.2) is 0 Å². The highest BCUT2D eigenvalue weighted by molar-refractivity contribution is 5.79. The van der Waals surface area contributed by atoms with Gasteiger partial charge in [-0.3, -0.25) is 4.79 Å². The zero-order valence-corrected chi connectivity index (χ0v) is 12.5. The van der Waals surface area contributed by atoms with E-state index in [4.69, 9.17) is 0 Å². The van der Waals surface area contributed by atoms with Gasteiger partial charge in [0.25, 0.3) is 0 Å². The first-order valence-corrected chi connectivity index (χ1v) is 7.76. The molecule has 2 fully saturated rings. The number of rotatable bonds is 4. The Morgan fingerprint density at radius 2 is 2.15 bits per heavy atom. The van der Waals surface area contributed by atoms with Gasteiger partial charge in [-0.15, -0.1) is 0 Å². The lowest BCUT2D eigenvalue weighted by molar-refractivity contribution is -0.148. The summed E-state index contributed by atoms with van der Waals surface area (Å²) < 4.78 is 0. The summed E-state index contributed by atoms with van der Waals surface area (Å²) in [7, 11) is 0. The molecular formula is C15H26N2O3. The highest BCUT2D eigenvalue weighted by Crippen LogP contribution is 2.38. The van der Waals surface area contributed by atoms with Crippen LogP contribution >= 0.6 is 0 Å². The van der Waals surface area contributed by atoms with E-state index in [9.17, 15) is 14.7 Å². The van der Waals surface area contributed by atoms with Crippen molar-refractivity contribution in [3.05, 3.63) is 0 Å². The molecule has 0 radical (unpaired) electrons. The highest BCUT2D eigenvalue weighted by atomic mass is 16.4. The standard InChI is InChI=1S/C15H26N2O3/c1-3-5-11-7-9-17(10-11)14(20)16-12-6-4-8-15(12,2)13(18)19/h11-12H,3-10H2,1-2H3,(H,16,20)(H,18,19). The van der Waals surface area contributed by atoms with Crippen LogP contribution in [-0.4, -0.2) is 41.1 Å². The van der Waals surface area contributed by atoms with Crippen molar-refractivity contribution in [3.63, 3.8) is 0 Å². The van der Waals surface area contributed by atoms with E-state index in [1.807, 2.05) is 4.90 Å². The van der Waals surface area contributed by atoms with Crippen LogP contribution in [0.5, 0.6) is 0 Å². The van der Waals surface area contributed by atoms with Crippen LogP contribution in [0.3, 0.4) is 0 Å². The van der Waals surface area contributed by atoms with Gasteiger partial charge in [0, 0.05) is 19.1 Å². The van der Waals surface area contributed by atoms with Crippen molar-refractivity contribution in [2.75, 3.05) is 13.1 Å². The third-order valence-electron chi connectivity index (χ3n) is 5.01. The number of carbonyl (C=O) groups excluding carboxylic acids is 1. The Labute approximate surface area is 120 Å². The van der Waals surface area contributed by atoms with Crippen LogP contribution in [0, 0.1) is 11.3 Å². The molecule has 0 aromatic carbocycles. The third kappa shape index (κ3) is 2.91.